The third-order valence-electron chi connectivity index (χ3n) is 5.30. The Kier molecular flexibility index (Phi) is 5.14. The Hall–Kier alpha value is -3.07. The monoisotopic (exact) mass is 412 g/mol. The summed E-state index contributed by atoms with van der Waals surface area (Å²) in [6.45, 7) is 1.79. The molecule has 1 aliphatic rings. The minimum Gasteiger partial charge on any atom is -0.326 e. The van der Waals surface area contributed by atoms with Crippen molar-refractivity contribution in [2.24, 2.45) is 0 Å². The smallest absolute Gasteiger partial charge is 0.274 e. The summed E-state index contributed by atoms with van der Waals surface area (Å²) < 4.78 is 1.48. The molecule has 3 aromatic rings. The second kappa shape index (κ2) is 7.75. The lowest BCUT2D eigenvalue weighted by atomic mass is 9.97. The second-order valence-electron chi connectivity index (χ2n) is 7.14. The lowest BCUT2D eigenvalue weighted by Crippen LogP contribution is -2.24. The molecule has 0 unspecified atom stereocenters. The number of hydrogen-bond donors (Lipinski definition) is 1. The van der Waals surface area contributed by atoms with Gasteiger partial charge in [0.25, 0.3) is 11.2 Å². The number of rotatable bonds is 5. The largest absolute Gasteiger partial charge is 0.326 e. The molecule has 1 aliphatic carbocycles. The first-order valence-electron chi connectivity index (χ1n) is 9.49. The summed E-state index contributed by atoms with van der Waals surface area (Å²) in [5, 5.41) is 14.4. The Balaban J connectivity index is 1.51. The van der Waals surface area contributed by atoms with Gasteiger partial charge < -0.3 is 5.32 Å². The van der Waals surface area contributed by atoms with E-state index in [2.05, 4.69) is 10.3 Å². The minimum absolute atomic E-state index is 0.0455. The van der Waals surface area contributed by atoms with Gasteiger partial charge in [-0.2, -0.15) is 0 Å². The summed E-state index contributed by atoms with van der Waals surface area (Å²) >= 11 is 1.60. The van der Waals surface area contributed by atoms with Crippen LogP contribution in [0.25, 0.3) is 10.2 Å². The van der Waals surface area contributed by atoms with Crippen molar-refractivity contribution in [2.75, 3.05) is 5.32 Å². The molecule has 29 heavy (non-hydrogen) atoms. The van der Waals surface area contributed by atoms with Crippen molar-refractivity contribution in [3.05, 3.63) is 61.0 Å². The highest BCUT2D eigenvalue weighted by Crippen LogP contribution is 2.33. The topological polar surface area (TPSA) is 107 Å². The standard InChI is InChI=1S/C20H20N4O4S/c1-12-14(6-4-7-15(12)24(27)28)22-17(25)9-10-23-11-21-19-18(20(23)26)13-5-2-3-8-16(13)29-19/h4,6-7,11H,2-3,5,8-10H2,1H3,(H,22,25). The van der Waals surface area contributed by atoms with Gasteiger partial charge in [0.1, 0.15) is 4.83 Å². The number of aromatic nitrogens is 2. The lowest BCUT2D eigenvalue weighted by molar-refractivity contribution is -0.385. The molecule has 0 atom stereocenters. The number of thiophene rings is 1. The molecule has 4 rings (SSSR count). The summed E-state index contributed by atoms with van der Waals surface area (Å²) in [6, 6.07) is 4.55. The van der Waals surface area contributed by atoms with Crippen LogP contribution in [0, 0.1) is 17.0 Å². The first kappa shape index (κ1) is 19.3. The van der Waals surface area contributed by atoms with E-state index in [1.54, 1.807) is 24.3 Å². The van der Waals surface area contributed by atoms with Crippen molar-refractivity contribution >= 4 is 38.8 Å². The molecule has 0 spiro atoms. The Bertz CT molecular complexity index is 1180. The molecule has 0 fully saturated rings. The number of nitro benzene ring substituents is 1. The van der Waals surface area contributed by atoms with E-state index >= 15 is 0 Å². The van der Waals surface area contributed by atoms with Gasteiger partial charge in [-0.1, -0.05) is 6.07 Å². The van der Waals surface area contributed by atoms with Crippen LogP contribution in [0.4, 0.5) is 11.4 Å². The average Bonchev–Trinajstić information content (AvgIpc) is 3.08. The first-order valence-corrected chi connectivity index (χ1v) is 10.3. The zero-order chi connectivity index (χ0) is 20.5. The molecular formula is C20H20N4O4S. The fourth-order valence-electron chi connectivity index (χ4n) is 3.73. The molecule has 0 saturated carbocycles. The van der Waals surface area contributed by atoms with Crippen LogP contribution in [0.5, 0.6) is 0 Å². The van der Waals surface area contributed by atoms with Crippen LogP contribution in [-0.2, 0) is 24.2 Å². The highest BCUT2D eigenvalue weighted by atomic mass is 32.1. The van der Waals surface area contributed by atoms with Gasteiger partial charge in [0.05, 0.1) is 27.9 Å². The van der Waals surface area contributed by atoms with Crippen LogP contribution in [0.3, 0.4) is 0 Å². The number of hydrogen-bond acceptors (Lipinski definition) is 6. The average molecular weight is 412 g/mol. The van der Waals surface area contributed by atoms with Crippen LogP contribution in [-0.4, -0.2) is 20.4 Å². The number of aryl methyl sites for hydroxylation is 3. The second-order valence-corrected chi connectivity index (χ2v) is 8.22. The normalized spacial score (nSPS) is 13.3. The molecule has 1 aromatic carbocycles. The van der Waals surface area contributed by atoms with Crippen LogP contribution in [0.1, 0.15) is 35.3 Å². The van der Waals surface area contributed by atoms with Crippen molar-refractivity contribution in [1.82, 2.24) is 9.55 Å². The summed E-state index contributed by atoms with van der Waals surface area (Å²) in [6.07, 6.45) is 5.70. The maximum Gasteiger partial charge on any atom is 0.274 e. The number of carbonyl (C=O) groups is 1. The third-order valence-corrected chi connectivity index (χ3v) is 6.50. The van der Waals surface area contributed by atoms with Gasteiger partial charge in [-0.15, -0.1) is 11.3 Å². The van der Waals surface area contributed by atoms with E-state index in [-0.39, 0.29) is 30.1 Å². The molecule has 0 aliphatic heterocycles. The molecule has 9 heteroatoms. The summed E-state index contributed by atoms with van der Waals surface area (Å²) in [7, 11) is 0. The van der Waals surface area contributed by atoms with Crippen molar-refractivity contribution in [2.45, 2.75) is 45.6 Å². The molecule has 0 radical (unpaired) electrons. The molecule has 2 heterocycles. The summed E-state index contributed by atoms with van der Waals surface area (Å²) in [5.41, 5.74) is 1.78. The van der Waals surface area contributed by atoms with Crippen LogP contribution in [0.15, 0.2) is 29.3 Å². The Morgan fingerprint density at radius 1 is 1.34 bits per heavy atom. The zero-order valence-electron chi connectivity index (χ0n) is 15.9. The van der Waals surface area contributed by atoms with Gasteiger partial charge >= 0.3 is 0 Å². The Labute approximate surface area is 170 Å². The number of benzene rings is 1. The highest BCUT2D eigenvalue weighted by Gasteiger charge is 2.20. The Morgan fingerprint density at radius 3 is 2.93 bits per heavy atom. The van der Waals surface area contributed by atoms with E-state index in [1.807, 2.05) is 0 Å². The quantitative estimate of drug-likeness (QED) is 0.509. The predicted octanol–water partition coefficient (Wildman–Crippen LogP) is 3.58. The van der Waals surface area contributed by atoms with E-state index in [1.165, 1.54) is 27.9 Å². The van der Waals surface area contributed by atoms with Crippen molar-refractivity contribution in [1.29, 1.82) is 0 Å². The lowest BCUT2D eigenvalue weighted by Gasteiger charge is -2.11. The Morgan fingerprint density at radius 2 is 2.14 bits per heavy atom. The fourth-order valence-corrected chi connectivity index (χ4v) is 4.95. The van der Waals surface area contributed by atoms with Crippen LogP contribution < -0.4 is 10.9 Å². The SMILES string of the molecule is Cc1c(NC(=O)CCn2cnc3sc4c(c3c2=O)CCCC4)cccc1[N+](=O)[O-]. The molecule has 1 amide bonds. The molecular weight excluding hydrogens is 392 g/mol. The molecule has 8 nitrogen and oxygen atoms in total. The summed E-state index contributed by atoms with van der Waals surface area (Å²) in [4.78, 5) is 42.3. The highest BCUT2D eigenvalue weighted by molar-refractivity contribution is 7.18. The first-order chi connectivity index (χ1) is 14.0. The molecule has 0 bridgehead atoms. The summed E-state index contributed by atoms with van der Waals surface area (Å²) in [5.74, 6) is -0.312. The number of nitro groups is 1. The zero-order valence-corrected chi connectivity index (χ0v) is 16.8. The molecule has 1 N–H and O–H groups in total. The molecule has 2 aromatic heterocycles. The van der Waals surface area contributed by atoms with Crippen molar-refractivity contribution < 1.29 is 9.72 Å². The number of carbonyl (C=O) groups excluding carboxylic acids is 1. The van der Waals surface area contributed by atoms with E-state index < -0.39 is 4.92 Å². The maximum absolute atomic E-state index is 12.9. The van der Waals surface area contributed by atoms with Crippen molar-refractivity contribution in [3.63, 3.8) is 0 Å². The van der Waals surface area contributed by atoms with Gasteiger partial charge in [0, 0.05) is 23.9 Å². The predicted molar refractivity (Wildman–Crippen MR) is 112 cm³/mol. The van der Waals surface area contributed by atoms with Gasteiger partial charge in [-0.05, 0) is 44.2 Å². The van der Waals surface area contributed by atoms with Gasteiger partial charge in [0.2, 0.25) is 5.91 Å². The number of nitrogens with one attached hydrogen (secondary N) is 1. The number of anilines is 1. The van der Waals surface area contributed by atoms with E-state index in [4.69, 9.17) is 0 Å². The molecule has 150 valence electrons. The maximum atomic E-state index is 12.9. The molecule has 0 saturated heterocycles. The van der Waals surface area contributed by atoms with Gasteiger partial charge in [-0.3, -0.25) is 24.3 Å². The number of amides is 1. The van der Waals surface area contributed by atoms with E-state index in [9.17, 15) is 19.7 Å². The third kappa shape index (κ3) is 3.65. The van der Waals surface area contributed by atoms with Crippen LogP contribution >= 0.6 is 11.3 Å². The van der Waals surface area contributed by atoms with Gasteiger partial charge in [-0.25, -0.2) is 4.98 Å². The number of nitrogens with zero attached hydrogens (tertiary/aromatic N) is 3. The van der Waals surface area contributed by atoms with E-state index in [0.717, 1.165) is 36.1 Å². The minimum atomic E-state index is -0.479. The van der Waals surface area contributed by atoms with E-state index in [0.29, 0.717) is 16.6 Å². The fraction of sp³-hybridized carbons (Fsp3) is 0.350. The number of fused-ring (bicyclic) bond motifs is 3. The van der Waals surface area contributed by atoms with Gasteiger partial charge in [0.15, 0.2) is 0 Å². The van der Waals surface area contributed by atoms with Crippen LogP contribution in [0.2, 0.25) is 0 Å². The van der Waals surface area contributed by atoms with Crippen molar-refractivity contribution in [3.8, 4) is 0 Å².